The third-order valence-corrected chi connectivity index (χ3v) is 10.5. The zero-order valence-electron chi connectivity index (χ0n) is 24.1. The first kappa shape index (κ1) is 29.0. The molecule has 4 rings (SSSR count). The van der Waals surface area contributed by atoms with E-state index in [2.05, 4.69) is 0 Å². The molecule has 1 aliphatic heterocycles. The Hall–Kier alpha value is -0.990. The quantitative estimate of drug-likeness (QED) is 0.406. The molecule has 3 heteroatoms. The number of ether oxygens (including phenoxy) is 1. The molecule has 0 unspecified atom stereocenters. The minimum absolute atomic E-state index is 0.330. The van der Waals surface area contributed by atoms with E-state index in [1.54, 1.807) is 0 Å². The Morgan fingerprint density at radius 3 is 1.14 bits per heavy atom. The zero-order valence-corrected chi connectivity index (χ0v) is 24.1. The van der Waals surface area contributed by atoms with Crippen molar-refractivity contribution in [1.82, 2.24) is 0 Å². The lowest BCUT2D eigenvalue weighted by molar-refractivity contribution is -0.160. The highest BCUT2D eigenvalue weighted by atomic mass is 16.5. The Bertz CT molecular complexity index is 654. The summed E-state index contributed by atoms with van der Waals surface area (Å²) in [5, 5.41) is 10.9. The predicted molar refractivity (Wildman–Crippen MR) is 154 cm³/mol. The van der Waals surface area contributed by atoms with Crippen LogP contribution in [-0.2, 0) is 9.53 Å². The van der Waals surface area contributed by atoms with Gasteiger partial charge in [-0.15, -0.1) is 0 Å². The van der Waals surface area contributed by atoms with Gasteiger partial charge in [0.1, 0.15) is 16.9 Å². The molecule has 0 atom stereocenters. The topological polar surface area (TPSA) is 46.5 Å². The van der Waals surface area contributed by atoms with E-state index in [-0.39, 0.29) is 0 Å². The fourth-order valence-electron chi connectivity index (χ4n) is 8.45. The first-order valence-corrected chi connectivity index (χ1v) is 16.9. The van der Waals surface area contributed by atoms with E-state index >= 15 is 0 Å². The van der Waals surface area contributed by atoms with Crippen LogP contribution in [-0.4, -0.2) is 16.7 Å². The molecule has 0 aromatic carbocycles. The number of carbonyl (C=O) groups is 1. The van der Waals surface area contributed by atoms with E-state index in [0.717, 1.165) is 49.9 Å². The molecule has 212 valence electrons. The Morgan fingerprint density at radius 1 is 0.514 bits per heavy atom. The minimum Gasteiger partial charge on any atom is -0.485 e. The molecule has 3 fully saturated rings. The van der Waals surface area contributed by atoms with E-state index < -0.39 is 11.6 Å². The summed E-state index contributed by atoms with van der Waals surface area (Å²) in [6.07, 6.45) is 34.3. The van der Waals surface area contributed by atoms with Crippen LogP contribution >= 0.6 is 0 Å². The van der Waals surface area contributed by atoms with Gasteiger partial charge >= 0.3 is 5.97 Å². The smallest absolute Gasteiger partial charge is 0.339 e. The van der Waals surface area contributed by atoms with Gasteiger partial charge < -0.3 is 9.84 Å². The van der Waals surface area contributed by atoms with E-state index in [1.807, 2.05) is 0 Å². The molecular weight excluding hydrogens is 456 g/mol. The van der Waals surface area contributed by atoms with E-state index in [4.69, 9.17) is 4.74 Å². The van der Waals surface area contributed by atoms with Crippen molar-refractivity contribution in [3.63, 3.8) is 0 Å². The van der Waals surface area contributed by atoms with Crippen molar-refractivity contribution in [2.24, 2.45) is 17.8 Å². The minimum atomic E-state index is -0.646. The lowest BCUT2D eigenvalue weighted by Gasteiger charge is -2.55. The Labute approximate surface area is 228 Å². The van der Waals surface area contributed by atoms with Gasteiger partial charge in [-0.2, -0.15) is 0 Å². The number of hydrogen-bond acceptors (Lipinski definition) is 2. The average molecular weight is 515 g/mol. The molecule has 0 aromatic rings. The fourth-order valence-corrected chi connectivity index (χ4v) is 8.45. The Kier molecular flexibility index (Phi) is 12.2. The van der Waals surface area contributed by atoms with Crippen molar-refractivity contribution in [2.45, 2.75) is 179 Å². The summed E-state index contributed by atoms with van der Waals surface area (Å²) in [5.41, 5.74) is 0.244. The third kappa shape index (κ3) is 7.78. The molecule has 0 spiro atoms. The zero-order chi connectivity index (χ0) is 25.8. The summed E-state index contributed by atoms with van der Waals surface area (Å²) >= 11 is 0. The summed E-state index contributed by atoms with van der Waals surface area (Å²) in [5.74, 6) is 1.38. The van der Waals surface area contributed by atoms with Crippen LogP contribution in [0.15, 0.2) is 11.3 Å². The molecule has 37 heavy (non-hydrogen) atoms. The van der Waals surface area contributed by atoms with Gasteiger partial charge in [-0.3, -0.25) is 0 Å². The van der Waals surface area contributed by atoms with Crippen molar-refractivity contribution < 1.29 is 14.6 Å². The fraction of sp³-hybridized carbons (Fsp3) is 0.912. The van der Waals surface area contributed by atoms with Gasteiger partial charge in [0.2, 0.25) is 0 Å². The van der Waals surface area contributed by atoms with Crippen LogP contribution in [0.5, 0.6) is 0 Å². The molecule has 3 nitrogen and oxygen atoms in total. The Morgan fingerprint density at radius 2 is 0.811 bits per heavy atom. The highest BCUT2D eigenvalue weighted by molar-refractivity contribution is 5.91. The van der Waals surface area contributed by atoms with Gasteiger partial charge in [0.25, 0.3) is 0 Å². The van der Waals surface area contributed by atoms with Crippen molar-refractivity contribution in [3.8, 4) is 0 Å². The van der Waals surface area contributed by atoms with Crippen molar-refractivity contribution in [2.75, 3.05) is 0 Å². The maximum absolute atomic E-state index is 13.2. The summed E-state index contributed by atoms with van der Waals surface area (Å²) < 4.78 is 7.22. The second-order valence-corrected chi connectivity index (χ2v) is 13.2. The van der Waals surface area contributed by atoms with Gasteiger partial charge in [-0.25, -0.2) is 4.79 Å². The molecule has 4 aliphatic rings. The van der Waals surface area contributed by atoms with Crippen LogP contribution < -0.4 is 0 Å². The van der Waals surface area contributed by atoms with Crippen LogP contribution in [0.1, 0.15) is 173 Å². The first-order chi connectivity index (χ1) is 18.2. The number of carboxylic acids is 1. The molecule has 0 saturated heterocycles. The van der Waals surface area contributed by atoms with E-state index in [1.165, 1.54) is 135 Å². The van der Waals surface area contributed by atoms with Gasteiger partial charge in [-0.05, 0) is 38.5 Å². The molecule has 1 heterocycles. The highest BCUT2D eigenvalue weighted by Crippen LogP contribution is 2.57. The van der Waals surface area contributed by atoms with Gasteiger partial charge in [-0.1, -0.05) is 135 Å². The normalized spacial score (nSPS) is 27.5. The molecule has 3 aliphatic carbocycles. The summed E-state index contributed by atoms with van der Waals surface area (Å²) in [6, 6.07) is 0. The lowest BCUT2D eigenvalue weighted by Crippen LogP contribution is -2.58. The molecule has 0 aromatic heterocycles. The van der Waals surface area contributed by atoms with Crippen LogP contribution in [0.25, 0.3) is 0 Å². The second kappa shape index (κ2) is 15.6. The molecule has 0 radical (unpaired) electrons. The maximum Gasteiger partial charge on any atom is 0.339 e. The number of aliphatic carboxylic acids is 1. The van der Waals surface area contributed by atoms with Gasteiger partial charge in [0.05, 0.1) is 0 Å². The van der Waals surface area contributed by atoms with Crippen LogP contribution in [0.2, 0.25) is 0 Å². The van der Waals surface area contributed by atoms with E-state index in [9.17, 15) is 9.90 Å². The van der Waals surface area contributed by atoms with Gasteiger partial charge in [0, 0.05) is 17.8 Å². The molecule has 0 amide bonds. The monoisotopic (exact) mass is 514 g/mol. The van der Waals surface area contributed by atoms with Crippen molar-refractivity contribution >= 4 is 5.97 Å². The largest absolute Gasteiger partial charge is 0.485 e. The summed E-state index contributed by atoms with van der Waals surface area (Å²) in [6.45, 7) is 0. The number of carboxylic acid groups (broad SMARTS) is 1. The lowest BCUT2D eigenvalue weighted by atomic mass is 9.61. The SMILES string of the molecule is O=C(O)C1=C(C2CCCCCCCCC2)OC1(C1CCCCCCCCC1)C1CCCCCCCCC1. The van der Waals surface area contributed by atoms with Crippen LogP contribution in [0.4, 0.5) is 0 Å². The molecule has 3 saturated carbocycles. The van der Waals surface area contributed by atoms with Crippen molar-refractivity contribution in [1.29, 1.82) is 0 Å². The molecule has 1 N–H and O–H groups in total. The predicted octanol–water partition coefficient (Wildman–Crippen LogP) is 10.5. The highest BCUT2D eigenvalue weighted by Gasteiger charge is 2.60. The van der Waals surface area contributed by atoms with Crippen molar-refractivity contribution in [3.05, 3.63) is 11.3 Å². The number of allylic oxidation sites excluding steroid dienone is 1. The first-order valence-electron chi connectivity index (χ1n) is 16.9. The molecule has 0 bridgehead atoms. The maximum atomic E-state index is 13.2. The molecular formula is C34H58O3. The third-order valence-electron chi connectivity index (χ3n) is 10.5. The van der Waals surface area contributed by atoms with Crippen LogP contribution in [0.3, 0.4) is 0 Å². The van der Waals surface area contributed by atoms with E-state index in [0.29, 0.717) is 17.8 Å². The van der Waals surface area contributed by atoms with Gasteiger partial charge in [0.15, 0.2) is 0 Å². The summed E-state index contributed by atoms with van der Waals surface area (Å²) in [4.78, 5) is 13.2. The standard InChI is InChI=1S/C34H58O3/c35-33(36)31-32(28-22-16-10-4-1-5-11-17-23-28)37-34(31,29-24-18-12-6-2-7-13-19-25-29)30-26-20-14-8-3-9-15-21-27-30/h28-30H,1-27H2,(H,35,36). The number of hydrogen-bond donors (Lipinski definition) is 1. The second-order valence-electron chi connectivity index (χ2n) is 13.2. The van der Waals surface area contributed by atoms with Crippen LogP contribution in [0, 0.1) is 17.8 Å². The number of rotatable bonds is 4. The average Bonchev–Trinajstić information content (AvgIpc) is 2.89. The summed E-state index contributed by atoms with van der Waals surface area (Å²) in [7, 11) is 0. The Balaban J connectivity index is 1.67.